The lowest BCUT2D eigenvalue weighted by Gasteiger charge is -2.05. The SMILES string of the molecule is O=C(NCc1ccccc1)Nc1nc(-c2ccc3c(c2)OCO3)cs1. The number of carbonyl (C=O) groups excluding carboxylic acids is 1. The van der Waals surface area contributed by atoms with E-state index in [4.69, 9.17) is 9.47 Å². The zero-order valence-corrected chi connectivity index (χ0v) is 14.0. The summed E-state index contributed by atoms with van der Waals surface area (Å²) in [7, 11) is 0. The molecule has 0 unspecified atom stereocenters. The summed E-state index contributed by atoms with van der Waals surface area (Å²) < 4.78 is 10.7. The molecule has 0 bridgehead atoms. The van der Waals surface area contributed by atoms with Gasteiger partial charge in [-0.2, -0.15) is 0 Å². The maximum absolute atomic E-state index is 12.0. The van der Waals surface area contributed by atoms with Gasteiger partial charge in [0.25, 0.3) is 0 Å². The minimum atomic E-state index is -0.282. The molecule has 0 radical (unpaired) electrons. The van der Waals surface area contributed by atoms with E-state index in [0.717, 1.165) is 22.6 Å². The van der Waals surface area contributed by atoms with Crippen LogP contribution in [0.2, 0.25) is 0 Å². The van der Waals surface area contributed by atoms with Gasteiger partial charge in [0.1, 0.15) is 0 Å². The predicted octanol–water partition coefficient (Wildman–Crippen LogP) is 3.86. The van der Waals surface area contributed by atoms with Crippen LogP contribution >= 0.6 is 11.3 Å². The fourth-order valence-corrected chi connectivity index (χ4v) is 3.15. The number of rotatable bonds is 4. The van der Waals surface area contributed by atoms with Crippen LogP contribution in [0.25, 0.3) is 11.3 Å². The number of anilines is 1. The van der Waals surface area contributed by atoms with Crippen LogP contribution in [0.15, 0.2) is 53.9 Å². The van der Waals surface area contributed by atoms with Crippen molar-refractivity contribution in [3.05, 3.63) is 59.5 Å². The first-order chi connectivity index (χ1) is 12.3. The monoisotopic (exact) mass is 353 g/mol. The van der Waals surface area contributed by atoms with Crippen molar-refractivity contribution in [3.63, 3.8) is 0 Å². The quantitative estimate of drug-likeness (QED) is 0.747. The van der Waals surface area contributed by atoms with E-state index in [2.05, 4.69) is 15.6 Å². The predicted molar refractivity (Wildman–Crippen MR) is 96.0 cm³/mol. The zero-order valence-electron chi connectivity index (χ0n) is 13.2. The Kier molecular flexibility index (Phi) is 4.22. The molecule has 2 aromatic carbocycles. The Bertz CT molecular complexity index is 896. The van der Waals surface area contributed by atoms with E-state index in [1.54, 1.807) is 0 Å². The number of fused-ring (bicyclic) bond motifs is 1. The van der Waals surface area contributed by atoms with Crippen LogP contribution in [-0.2, 0) is 6.54 Å². The number of ether oxygens (including phenoxy) is 2. The van der Waals surface area contributed by atoms with Gasteiger partial charge in [-0.1, -0.05) is 30.3 Å². The molecule has 1 aliphatic heterocycles. The molecule has 0 spiro atoms. The number of nitrogens with zero attached hydrogens (tertiary/aromatic N) is 1. The van der Waals surface area contributed by atoms with Crippen LogP contribution in [0.3, 0.4) is 0 Å². The fourth-order valence-electron chi connectivity index (χ4n) is 2.44. The Morgan fingerprint density at radius 3 is 2.84 bits per heavy atom. The van der Waals surface area contributed by atoms with Gasteiger partial charge in [-0.3, -0.25) is 5.32 Å². The molecule has 0 saturated carbocycles. The summed E-state index contributed by atoms with van der Waals surface area (Å²) in [5.41, 5.74) is 2.73. The van der Waals surface area contributed by atoms with Gasteiger partial charge in [-0.15, -0.1) is 11.3 Å². The fraction of sp³-hybridized carbons (Fsp3) is 0.111. The summed E-state index contributed by atoms with van der Waals surface area (Å²) in [6.07, 6.45) is 0. The van der Waals surface area contributed by atoms with Crippen LogP contribution < -0.4 is 20.1 Å². The number of benzene rings is 2. The van der Waals surface area contributed by atoms with E-state index in [9.17, 15) is 4.79 Å². The van der Waals surface area contributed by atoms with Crippen molar-refractivity contribution in [2.24, 2.45) is 0 Å². The summed E-state index contributed by atoms with van der Waals surface area (Å²) >= 11 is 1.37. The Labute approximate surface area is 148 Å². The van der Waals surface area contributed by atoms with E-state index in [1.807, 2.05) is 53.9 Å². The van der Waals surface area contributed by atoms with Gasteiger partial charge < -0.3 is 14.8 Å². The molecule has 3 aromatic rings. The first kappa shape index (κ1) is 15.5. The lowest BCUT2D eigenvalue weighted by Crippen LogP contribution is -2.28. The number of aromatic nitrogens is 1. The third-order valence-corrected chi connectivity index (χ3v) is 4.45. The number of amides is 2. The number of carbonyl (C=O) groups is 1. The largest absolute Gasteiger partial charge is 0.454 e. The highest BCUT2D eigenvalue weighted by Gasteiger charge is 2.15. The van der Waals surface area contributed by atoms with Crippen LogP contribution in [-0.4, -0.2) is 17.8 Å². The van der Waals surface area contributed by atoms with Crippen molar-refractivity contribution in [3.8, 4) is 22.8 Å². The van der Waals surface area contributed by atoms with E-state index >= 15 is 0 Å². The molecule has 0 aliphatic carbocycles. The van der Waals surface area contributed by atoms with E-state index in [1.165, 1.54) is 11.3 Å². The molecule has 7 heteroatoms. The molecular weight excluding hydrogens is 338 g/mol. The number of thiazole rings is 1. The van der Waals surface area contributed by atoms with E-state index in [-0.39, 0.29) is 12.8 Å². The molecule has 4 rings (SSSR count). The van der Waals surface area contributed by atoms with Crippen molar-refractivity contribution >= 4 is 22.5 Å². The minimum Gasteiger partial charge on any atom is -0.454 e. The minimum absolute atomic E-state index is 0.240. The van der Waals surface area contributed by atoms with E-state index < -0.39 is 0 Å². The third-order valence-electron chi connectivity index (χ3n) is 3.69. The number of hydrogen-bond donors (Lipinski definition) is 2. The highest BCUT2D eigenvalue weighted by atomic mass is 32.1. The average molecular weight is 353 g/mol. The molecule has 6 nitrogen and oxygen atoms in total. The Balaban J connectivity index is 1.39. The van der Waals surface area contributed by atoms with Crippen LogP contribution in [0.1, 0.15) is 5.56 Å². The second kappa shape index (κ2) is 6.82. The molecule has 2 amide bonds. The van der Waals surface area contributed by atoms with Gasteiger partial charge in [0.15, 0.2) is 16.6 Å². The van der Waals surface area contributed by atoms with Crippen LogP contribution in [0, 0.1) is 0 Å². The normalized spacial score (nSPS) is 12.0. The van der Waals surface area contributed by atoms with Crippen molar-refractivity contribution in [1.82, 2.24) is 10.3 Å². The van der Waals surface area contributed by atoms with E-state index in [0.29, 0.717) is 17.4 Å². The van der Waals surface area contributed by atoms with Crippen LogP contribution in [0.5, 0.6) is 11.5 Å². The van der Waals surface area contributed by atoms with Gasteiger partial charge in [-0.25, -0.2) is 9.78 Å². The molecule has 25 heavy (non-hydrogen) atoms. The molecule has 0 atom stereocenters. The first-order valence-corrected chi connectivity index (χ1v) is 8.60. The topological polar surface area (TPSA) is 72.5 Å². The number of urea groups is 1. The maximum atomic E-state index is 12.0. The molecule has 0 fully saturated rings. The second-order valence-corrected chi connectivity index (χ2v) is 6.26. The standard InChI is InChI=1S/C18H15N3O3S/c22-17(19-9-12-4-2-1-3-5-12)21-18-20-14(10-25-18)13-6-7-15-16(8-13)24-11-23-15/h1-8,10H,9,11H2,(H2,19,20,21,22). The highest BCUT2D eigenvalue weighted by molar-refractivity contribution is 7.14. The molecule has 0 saturated heterocycles. The molecular formula is C18H15N3O3S. The van der Waals surface area contributed by atoms with Crippen molar-refractivity contribution < 1.29 is 14.3 Å². The van der Waals surface area contributed by atoms with Crippen molar-refractivity contribution in [1.29, 1.82) is 0 Å². The van der Waals surface area contributed by atoms with Gasteiger partial charge in [0, 0.05) is 17.5 Å². The highest BCUT2D eigenvalue weighted by Crippen LogP contribution is 2.36. The molecule has 2 N–H and O–H groups in total. The smallest absolute Gasteiger partial charge is 0.321 e. The summed E-state index contributed by atoms with van der Waals surface area (Å²) in [5, 5.41) is 8.00. The van der Waals surface area contributed by atoms with Gasteiger partial charge in [0.2, 0.25) is 6.79 Å². The summed E-state index contributed by atoms with van der Waals surface area (Å²) in [5.74, 6) is 1.44. The van der Waals surface area contributed by atoms with Gasteiger partial charge in [0.05, 0.1) is 5.69 Å². The maximum Gasteiger partial charge on any atom is 0.321 e. The zero-order chi connectivity index (χ0) is 17.1. The van der Waals surface area contributed by atoms with Crippen molar-refractivity contribution in [2.75, 3.05) is 12.1 Å². The second-order valence-electron chi connectivity index (χ2n) is 5.40. The number of hydrogen-bond acceptors (Lipinski definition) is 5. The summed E-state index contributed by atoms with van der Waals surface area (Å²) in [6.45, 7) is 0.706. The van der Waals surface area contributed by atoms with Crippen LogP contribution in [0.4, 0.5) is 9.93 Å². The molecule has 1 aliphatic rings. The van der Waals surface area contributed by atoms with Gasteiger partial charge in [-0.05, 0) is 23.8 Å². The molecule has 2 heterocycles. The Hall–Kier alpha value is -3.06. The molecule has 126 valence electrons. The van der Waals surface area contributed by atoms with Crippen molar-refractivity contribution in [2.45, 2.75) is 6.54 Å². The lowest BCUT2D eigenvalue weighted by atomic mass is 10.1. The summed E-state index contributed by atoms with van der Waals surface area (Å²) in [6, 6.07) is 15.1. The summed E-state index contributed by atoms with van der Waals surface area (Å²) in [4.78, 5) is 16.4. The average Bonchev–Trinajstić information content (AvgIpc) is 3.29. The first-order valence-electron chi connectivity index (χ1n) is 7.72. The Morgan fingerprint density at radius 2 is 1.96 bits per heavy atom. The van der Waals surface area contributed by atoms with Gasteiger partial charge >= 0.3 is 6.03 Å². The lowest BCUT2D eigenvalue weighted by molar-refractivity contribution is 0.174. The number of nitrogens with one attached hydrogen (secondary N) is 2. The Morgan fingerprint density at radius 1 is 1.12 bits per heavy atom. The molecule has 1 aromatic heterocycles. The third kappa shape index (κ3) is 3.56.